The first-order valence-electron chi connectivity index (χ1n) is 9.16. The Balaban J connectivity index is 1.69. The minimum atomic E-state index is -4.05. The molecule has 2 aromatic rings. The van der Waals surface area contributed by atoms with Crippen LogP contribution in [0.5, 0.6) is 11.5 Å². The number of fused-ring (bicyclic) bond motifs is 1. The number of esters is 1. The van der Waals surface area contributed by atoms with Gasteiger partial charge in [0.2, 0.25) is 15.8 Å². The standard InChI is InChI=1S/C19H20ClNO7S3/c1-29-9-6-13(19(23)28-11-14(22)17-4-5-18(20)30-17)21-31(24,25)12-2-3-15-16(10-12)27-8-7-26-15/h2-5,10,13,21H,6-9,11H2,1H3/t13-/m1/s1. The van der Waals surface area contributed by atoms with Crippen LogP contribution in [0.25, 0.3) is 0 Å². The number of carbonyl (C=O) groups is 2. The first-order valence-corrected chi connectivity index (χ1v) is 13.2. The van der Waals surface area contributed by atoms with Crippen molar-refractivity contribution in [2.45, 2.75) is 17.4 Å². The van der Waals surface area contributed by atoms with E-state index in [4.69, 9.17) is 25.8 Å². The maximum atomic E-state index is 12.9. The number of Topliss-reactive ketones (excluding diaryl/α,β-unsaturated/α-hetero) is 1. The molecule has 1 N–H and O–H groups in total. The minimum Gasteiger partial charge on any atom is -0.486 e. The zero-order chi connectivity index (χ0) is 22.4. The quantitative estimate of drug-likeness (QED) is 0.388. The van der Waals surface area contributed by atoms with E-state index < -0.39 is 34.4 Å². The highest BCUT2D eigenvalue weighted by Crippen LogP contribution is 2.32. The van der Waals surface area contributed by atoms with Crippen molar-refractivity contribution in [3.8, 4) is 11.5 Å². The molecule has 0 radical (unpaired) electrons. The molecule has 31 heavy (non-hydrogen) atoms. The number of ketones is 1. The van der Waals surface area contributed by atoms with E-state index in [-0.39, 0.29) is 11.3 Å². The Bertz CT molecular complexity index is 1050. The van der Waals surface area contributed by atoms with Crippen LogP contribution in [0.3, 0.4) is 0 Å². The molecular weight excluding hydrogens is 486 g/mol. The van der Waals surface area contributed by atoms with Crippen molar-refractivity contribution in [2.24, 2.45) is 0 Å². The number of benzene rings is 1. The van der Waals surface area contributed by atoms with Gasteiger partial charge in [-0.05, 0) is 42.7 Å². The maximum Gasteiger partial charge on any atom is 0.324 e. The summed E-state index contributed by atoms with van der Waals surface area (Å²) < 4.78 is 44.5. The zero-order valence-electron chi connectivity index (χ0n) is 16.5. The number of thioether (sulfide) groups is 1. The van der Waals surface area contributed by atoms with Gasteiger partial charge in [0.1, 0.15) is 19.3 Å². The molecule has 8 nitrogen and oxygen atoms in total. The Morgan fingerprint density at radius 1 is 1.23 bits per heavy atom. The van der Waals surface area contributed by atoms with Crippen molar-refractivity contribution < 1.29 is 32.2 Å². The summed E-state index contributed by atoms with van der Waals surface area (Å²) in [5.74, 6) is 0.0424. The van der Waals surface area contributed by atoms with Gasteiger partial charge in [0.15, 0.2) is 18.1 Å². The molecule has 0 amide bonds. The van der Waals surface area contributed by atoms with Crippen molar-refractivity contribution in [1.82, 2.24) is 4.72 Å². The number of rotatable bonds is 10. The predicted molar refractivity (Wildman–Crippen MR) is 119 cm³/mol. The molecule has 0 spiro atoms. The summed E-state index contributed by atoms with van der Waals surface area (Å²) in [6.07, 6.45) is 2.03. The summed E-state index contributed by atoms with van der Waals surface area (Å²) in [5, 5.41) is 0. The molecule has 0 aliphatic carbocycles. The first kappa shape index (κ1) is 23.9. The molecule has 1 aliphatic rings. The summed E-state index contributed by atoms with van der Waals surface area (Å²) in [6, 6.07) is 6.19. The van der Waals surface area contributed by atoms with E-state index in [9.17, 15) is 18.0 Å². The van der Waals surface area contributed by atoms with E-state index in [1.165, 1.54) is 30.0 Å². The number of hydrogen-bond acceptors (Lipinski definition) is 9. The Morgan fingerprint density at radius 3 is 2.65 bits per heavy atom. The van der Waals surface area contributed by atoms with Crippen LogP contribution in [-0.4, -0.2) is 58.0 Å². The van der Waals surface area contributed by atoms with Gasteiger partial charge in [-0.15, -0.1) is 11.3 Å². The molecule has 3 rings (SSSR count). The van der Waals surface area contributed by atoms with Gasteiger partial charge in [0.25, 0.3) is 0 Å². The Labute approximate surface area is 193 Å². The van der Waals surface area contributed by atoms with Crippen LogP contribution in [0.15, 0.2) is 35.2 Å². The molecule has 1 aromatic carbocycles. The van der Waals surface area contributed by atoms with Gasteiger partial charge in [-0.1, -0.05) is 11.6 Å². The molecule has 1 aliphatic heterocycles. The van der Waals surface area contributed by atoms with Crippen molar-refractivity contribution in [3.05, 3.63) is 39.5 Å². The van der Waals surface area contributed by atoms with Gasteiger partial charge in [0, 0.05) is 6.07 Å². The third-order valence-electron chi connectivity index (χ3n) is 4.21. The number of hydrogen-bond donors (Lipinski definition) is 1. The molecule has 168 valence electrons. The van der Waals surface area contributed by atoms with E-state index in [2.05, 4.69) is 4.72 Å². The molecule has 0 saturated carbocycles. The fourth-order valence-electron chi connectivity index (χ4n) is 2.68. The average Bonchev–Trinajstić information content (AvgIpc) is 3.20. The molecule has 0 saturated heterocycles. The normalized spacial score (nSPS) is 14.1. The number of thiophene rings is 1. The minimum absolute atomic E-state index is 0.0667. The highest BCUT2D eigenvalue weighted by Gasteiger charge is 2.28. The van der Waals surface area contributed by atoms with Crippen LogP contribution in [0, 0.1) is 0 Å². The van der Waals surface area contributed by atoms with E-state index >= 15 is 0 Å². The second-order valence-electron chi connectivity index (χ2n) is 6.40. The lowest BCUT2D eigenvalue weighted by Crippen LogP contribution is -2.42. The second kappa shape index (κ2) is 10.7. The lowest BCUT2D eigenvalue weighted by molar-refractivity contribution is -0.144. The second-order valence-corrected chi connectivity index (χ2v) is 10.8. The molecule has 12 heteroatoms. The lowest BCUT2D eigenvalue weighted by atomic mass is 10.2. The highest BCUT2D eigenvalue weighted by atomic mass is 35.5. The lowest BCUT2D eigenvalue weighted by Gasteiger charge is -2.20. The van der Waals surface area contributed by atoms with Crippen LogP contribution in [0.2, 0.25) is 4.34 Å². The number of sulfonamides is 1. The van der Waals surface area contributed by atoms with E-state index in [1.807, 2.05) is 6.26 Å². The van der Waals surface area contributed by atoms with Crippen LogP contribution >= 0.6 is 34.7 Å². The topological polar surface area (TPSA) is 108 Å². The van der Waals surface area contributed by atoms with Crippen LogP contribution in [-0.2, 0) is 19.6 Å². The summed E-state index contributed by atoms with van der Waals surface area (Å²) in [6.45, 7) is 0.198. The number of halogens is 1. The monoisotopic (exact) mass is 505 g/mol. The molecular formula is C19H20ClNO7S3. The molecule has 0 unspecified atom stereocenters. The SMILES string of the molecule is CSCC[C@@H](NS(=O)(=O)c1ccc2c(c1)OCCO2)C(=O)OCC(=O)c1ccc(Cl)s1. The third kappa shape index (κ3) is 6.36. The Kier molecular flexibility index (Phi) is 8.23. The van der Waals surface area contributed by atoms with Gasteiger partial charge in [-0.25, -0.2) is 8.42 Å². The van der Waals surface area contributed by atoms with Crippen molar-refractivity contribution >= 4 is 56.5 Å². The van der Waals surface area contributed by atoms with E-state index in [1.54, 1.807) is 12.1 Å². The van der Waals surface area contributed by atoms with Crippen LogP contribution in [0.1, 0.15) is 16.1 Å². The van der Waals surface area contributed by atoms with E-state index in [0.29, 0.717) is 39.7 Å². The van der Waals surface area contributed by atoms with Gasteiger partial charge in [0.05, 0.1) is 14.1 Å². The average molecular weight is 506 g/mol. The van der Waals surface area contributed by atoms with Crippen molar-refractivity contribution in [3.63, 3.8) is 0 Å². The summed E-state index contributed by atoms with van der Waals surface area (Å²) in [4.78, 5) is 25.0. The summed E-state index contributed by atoms with van der Waals surface area (Å²) >= 11 is 8.34. The van der Waals surface area contributed by atoms with Gasteiger partial charge < -0.3 is 14.2 Å². The fraction of sp³-hybridized carbons (Fsp3) is 0.368. The molecule has 1 atom stereocenters. The van der Waals surface area contributed by atoms with Gasteiger partial charge in [-0.2, -0.15) is 16.5 Å². The number of ether oxygens (including phenoxy) is 3. The van der Waals surface area contributed by atoms with Crippen LogP contribution < -0.4 is 14.2 Å². The predicted octanol–water partition coefficient (Wildman–Crippen LogP) is 3.00. The first-order chi connectivity index (χ1) is 14.8. The van der Waals surface area contributed by atoms with Crippen LogP contribution in [0.4, 0.5) is 0 Å². The Morgan fingerprint density at radius 2 is 1.97 bits per heavy atom. The Hall–Kier alpha value is -1.79. The molecule has 1 aromatic heterocycles. The molecule has 0 bridgehead atoms. The van der Waals surface area contributed by atoms with Crippen molar-refractivity contribution in [1.29, 1.82) is 0 Å². The largest absolute Gasteiger partial charge is 0.486 e. The third-order valence-corrected chi connectivity index (χ3v) is 7.60. The highest BCUT2D eigenvalue weighted by molar-refractivity contribution is 7.98. The summed E-state index contributed by atoms with van der Waals surface area (Å²) in [7, 11) is -4.05. The van der Waals surface area contributed by atoms with Crippen molar-refractivity contribution in [2.75, 3.05) is 31.8 Å². The van der Waals surface area contributed by atoms with Gasteiger partial charge >= 0.3 is 5.97 Å². The molecule has 2 heterocycles. The number of carbonyl (C=O) groups excluding carboxylic acids is 2. The zero-order valence-corrected chi connectivity index (χ0v) is 19.7. The van der Waals surface area contributed by atoms with Gasteiger partial charge in [-0.3, -0.25) is 9.59 Å². The molecule has 0 fully saturated rings. The fourth-order valence-corrected chi connectivity index (χ4v) is 5.35. The maximum absolute atomic E-state index is 12.9. The summed E-state index contributed by atoms with van der Waals surface area (Å²) in [5.41, 5.74) is 0. The number of nitrogens with one attached hydrogen (secondary N) is 1. The van der Waals surface area contributed by atoms with E-state index in [0.717, 1.165) is 11.3 Å². The smallest absolute Gasteiger partial charge is 0.324 e.